The third-order valence-corrected chi connectivity index (χ3v) is 6.54. The monoisotopic (exact) mass is 483 g/mol. The fourth-order valence-electron chi connectivity index (χ4n) is 5.09. The van der Waals surface area contributed by atoms with Crippen LogP contribution in [0.2, 0.25) is 0 Å². The highest BCUT2D eigenvalue weighted by Crippen LogP contribution is 2.49. The van der Waals surface area contributed by atoms with Gasteiger partial charge in [0.25, 0.3) is 0 Å². The molecule has 2 aliphatic carbocycles. The summed E-state index contributed by atoms with van der Waals surface area (Å²) in [6.07, 6.45) is 3.97. The first-order valence-electron chi connectivity index (χ1n) is 11.9. The van der Waals surface area contributed by atoms with Gasteiger partial charge in [0, 0.05) is 22.7 Å². The summed E-state index contributed by atoms with van der Waals surface area (Å²) in [4.78, 5) is 32.5. The summed E-state index contributed by atoms with van der Waals surface area (Å²) >= 11 is 0. The topological polar surface area (TPSA) is 142 Å². The van der Waals surface area contributed by atoms with Gasteiger partial charge in [-0.05, 0) is 70.4 Å². The highest BCUT2D eigenvalue weighted by atomic mass is 16.6. The van der Waals surface area contributed by atoms with Crippen molar-refractivity contribution in [1.82, 2.24) is 15.3 Å². The zero-order valence-corrected chi connectivity index (χ0v) is 20.9. The van der Waals surface area contributed by atoms with Crippen molar-refractivity contribution in [3.05, 3.63) is 39.7 Å². The number of carbonyl (C=O) groups is 1. The molecule has 10 heteroatoms. The molecule has 1 saturated carbocycles. The van der Waals surface area contributed by atoms with Crippen molar-refractivity contribution in [3.63, 3.8) is 0 Å². The van der Waals surface area contributed by atoms with Gasteiger partial charge in [0.1, 0.15) is 17.7 Å². The fraction of sp³-hybridized carbons (Fsp3) is 0.560. The van der Waals surface area contributed by atoms with Crippen LogP contribution in [0.5, 0.6) is 5.75 Å². The van der Waals surface area contributed by atoms with E-state index in [4.69, 9.17) is 15.2 Å². The van der Waals surface area contributed by atoms with E-state index in [1.807, 2.05) is 40.7 Å². The molecule has 1 aromatic heterocycles. The Labute approximate surface area is 204 Å². The molecular weight excluding hydrogens is 450 g/mol. The molecule has 0 radical (unpaired) electrons. The lowest BCUT2D eigenvalue weighted by atomic mass is 9.71. The van der Waals surface area contributed by atoms with E-state index in [9.17, 15) is 14.9 Å². The first kappa shape index (κ1) is 24.7. The number of hydrogen-bond donors (Lipinski definition) is 2. The third kappa shape index (κ3) is 5.16. The van der Waals surface area contributed by atoms with E-state index < -0.39 is 17.1 Å². The molecule has 4 rings (SSSR count). The number of aromatic nitrogens is 2. The van der Waals surface area contributed by atoms with Crippen molar-refractivity contribution < 1.29 is 19.2 Å². The average molecular weight is 484 g/mol. The lowest BCUT2D eigenvalue weighted by molar-refractivity contribution is -0.386. The molecular formula is C25H33N5O5. The van der Waals surface area contributed by atoms with Crippen LogP contribution in [0.1, 0.15) is 71.4 Å². The van der Waals surface area contributed by atoms with Crippen LogP contribution in [-0.4, -0.2) is 38.7 Å². The van der Waals surface area contributed by atoms with Gasteiger partial charge in [-0.1, -0.05) is 13.8 Å². The Morgan fingerprint density at radius 2 is 1.89 bits per heavy atom. The second-order valence-electron chi connectivity index (χ2n) is 11.0. The van der Waals surface area contributed by atoms with Crippen molar-refractivity contribution >= 4 is 17.6 Å². The molecule has 10 nitrogen and oxygen atoms in total. The third-order valence-electron chi connectivity index (χ3n) is 6.54. The first-order valence-corrected chi connectivity index (χ1v) is 11.9. The second-order valence-corrected chi connectivity index (χ2v) is 11.0. The molecule has 188 valence electrons. The zero-order valence-electron chi connectivity index (χ0n) is 20.9. The van der Waals surface area contributed by atoms with E-state index in [1.165, 1.54) is 6.33 Å². The summed E-state index contributed by atoms with van der Waals surface area (Å²) < 4.78 is 11.5. The lowest BCUT2D eigenvalue weighted by Crippen LogP contribution is -2.42. The minimum Gasteiger partial charge on any atom is -0.483 e. The summed E-state index contributed by atoms with van der Waals surface area (Å²) in [7, 11) is 0. The van der Waals surface area contributed by atoms with Crippen LogP contribution in [0.3, 0.4) is 0 Å². The van der Waals surface area contributed by atoms with Crippen molar-refractivity contribution in [3.8, 4) is 17.0 Å². The molecule has 1 amide bonds. The van der Waals surface area contributed by atoms with Gasteiger partial charge in [-0.2, -0.15) is 0 Å². The summed E-state index contributed by atoms with van der Waals surface area (Å²) in [5.74, 6) is 0.656. The number of ether oxygens (including phenoxy) is 2. The molecule has 1 heterocycles. The maximum Gasteiger partial charge on any atom is 0.407 e. The Balaban J connectivity index is 1.53. The number of carbonyl (C=O) groups excluding carboxylic acids is 1. The fourth-order valence-corrected chi connectivity index (χ4v) is 5.09. The van der Waals surface area contributed by atoms with Gasteiger partial charge < -0.3 is 20.5 Å². The van der Waals surface area contributed by atoms with E-state index in [0.29, 0.717) is 54.7 Å². The number of nitrogens with zero attached hydrogens (tertiary/aromatic N) is 3. The quantitative estimate of drug-likeness (QED) is 0.471. The van der Waals surface area contributed by atoms with Gasteiger partial charge in [-0.15, -0.1) is 0 Å². The second kappa shape index (κ2) is 8.98. The maximum absolute atomic E-state index is 12.2. The summed E-state index contributed by atoms with van der Waals surface area (Å²) in [5.41, 5.74) is 7.85. The molecule has 0 atom stereocenters. The number of nitrogens with two attached hydrogens (primary N) is 1. The number of nitrogens with one attached hydrogen (secondary N) is 1. The molecule has 0 saturated heterocycles. The van der Waals surface area contributed by atoms with Gasteiger partial charge in [-0.25, -0.2) is 14.8 Å². The average Bonchev–Trinajstić information content (AvgIpc) is 2.72. The van der Waals surface area contributed by atoms with Crippen LogP contribution in [-0.2, 0) is 16.6 Å². The highest BCUT2D eigenvalue weighted by Gasteiger charge is 2.40. The Kier molecular flexibility index (Phi) is 6.33. The number of fused-ring (bicyclic) bond motifs is 3. The normalized spacial score (nSPS) is 20.8. The van der Waals surface area contributed by atoms with Crippen molar-refractivity contribution in [2.75, 3.05) is 5.73 Å². The molecule has 0 bridgehead atoms. The van der Waals surface area contributed by atoms with E-state index in [0.717, 1.165) is 5.56 Å². The predicted octanol–water partition coefficient (Wildman–Crippen LogP) is 4.68. The smallest absolute Gasteiger partial charge is 0.407 e. The van der Waals surface area contributed by atoms with Gasteiger partial charge in [0.15, 0.2) is 5.75 Å². The van der Waals surface area contributed by atoms with Crippen molar-refractivity contribution in [2.24, 2.45) is 0 Å². The Morgan fingerprint density at radius 1 is 1.20 bits per heavy atom. The minimum absolute atomic E-state index is 0.00865. The molecule has 1 aromatic carbocycles. The molecule has 35 heavy (non-hydrogen) atoms. The Bertz CT molecular complexity index is 1150. The number of nitro groups is 1. The van der Waals surface area contributed by atoms with Crippen LogP contribution in [0.25, 0.3) is 11.3 Å². The van der Waals surface area contributed by atoms with Crippen molar-refractivity contribution in [1.29, 1.82) is 0 Å². The van der Waals surface area contributed by atoms with Crippen molar-refractivity contribution in [2.45, 2.75) is 89.9 Å². The van der Waals surface area contributed by atoms with Gasteiger partial charge in [0.05, 0.1) is 16.7 Å². The summed E-state index contributed by atoms with van der Waals surface area (Å²) in [6.45, 7) is 9.45. The van der Waals surface area contributed by atoms with Crippen LogP contribution in [0.15, 0.2) is 18.5 Å². The molecule has 0 spiro atoms. The number of rotatable bonds is 4. The minimum atomic E-state index is -0.553. The van der Waals surface area contributed by atoms with Gasteiger partial charge in [-0.3, -0.25) is 10.1 Å². The highest BCUT2D eigenvalue weighted by molar-refractivity contribution is 5.80. The predicted molar refractivity (Wildman–Crippen MR) is 131 cm³/mol. The van der Waals surface area contributed by atoms with Crippen LogP contribution in [0.4, 0.5) is 16.3 Å². The SMILES string of the molecule is CC(C)(C)OC(=O)NC1CCC(Oc2ccc3c(c2[N+](=O)[O-])CC(C)(C)c2c(N)ncnc2-3)CC1. The number of amides is 1. The standard InChI is InChI=1S/C25H33N5O5/c1-24(2,3)35-23(31)29-14-6-8-15(9-7-14)34-18-11-10-16-17(21(18)30(32)33)12-25(4,5)19-20(16)27-13-28-22(19)26/h10-11,13-15H,6-9,12H2,1-5H3,(H,29,31)(H2,26,27,28). The van der Waals surface area contributed by atoms with E-state index in [-0.39, 0.29) is 28.5 Å². The van der Waals surface area contributed by atoms with E-state index >= 15 is 0 Å². The largest absolute Gasteiger partial charge is 0.483 e. The maximum atomic E-state index is 12.2. The number of benzene rings is 1. The number of alkyl carbamates (subject to hydrolysis) is 1. The number of anilines is 1. The summed E-state index contributed by atoms with van der Waals surface area (Å²) in [6, 6.07) is 3.47. The van der Waals surface area contributed by atoms with Crippen LogP contribution in [0, 0.1) is 10.1 Å². The molecule has 3 N–H and O–H groups in total. The molecule has 1 fully saturated rings. The van der Waals surface area contributed by atoms with Crippen LogP contribution >= 0.6 is 0 Å². The molecule has 2 aromatic rings. The first-order chi connectivity index (χ1) is 16.4. The lowest BCUT2D eigenvalue weighted by Gasteiger charge is -2.34. The zero-order chi connectivity index (χ0) is 25.5. The molecule has 2 aliphatic rings. The molecule has 0 aliphatic heterocycles. The summed E-state index contributed by atoms with van der Waals surface area (Å²) in [5, 5.41) is 15.1. The molecule has 0 unspecified atom stereocenters. The Hall–Kier alpha value is -3.43. The van der Waals surface area contributed by atoms with E-state index in [2.05, 4.69) is 15.3 Å². The number of nitrogen functional groups attached to an aromatic ring is 1. The van der Waals surface area contributed by atoms with Gasteiger partial charge in [0.2, 0.25) is 0 Å². The number of hydrogen-bond acceptors (Lipinski definition) is 8. The Morgan fingerprint density at radius 3 is 2.51 bits per heavy atom. The van der Waals surface area contributed by atoms with Crippen LogP contribution < -0.4 is 15.8 Å². The number of nitro benzene ring substituents is 1. The van der Waals surface area contributed by atoms with E-state index in [1.54, 1.807) is 6.07 Å². The van der Waals surface area contributed by atoms with Gasteiger partial charge >= 0.3 is 11.8 Å².